The Balaban J connectivity index is 2.19. The third-order valence-corrected chi connectivity index (χ3v) is 5.47. The van der Waals surface area contributed by atoms with Gasteiger partial charge >= 0.3 is 18.2 Å². The first kappa shape index (κ1) is 27.1. The van der Waals surface area contributed by atoms with Crippen LogP contribution in [0.25, 0.3) is 0 Å². The first-order chi connectivity index (χ1) is 16.9. The Labute approximate surface area is 217 Å². The van der Waals surface area contributed by atoms with Gasteiger partial charge in [0.15, 0.2) is 0 Å². The summed E-state index contributed by atoms with van der Waals surface area (Å²) >= 11 is 13.1. The number of benzene rings is 1. The van der Waals surface area contributed by atoms with Crippen molar-refractivity contribution in [2.24, 2.45) is 5.73 Å². The largest absolute Gasteiger partial charge is 0.495 e. The number of urea groups is 1. The number of carbonyl (C=O) groups excluding carboxylic acids is 3. The van der Waals surface area contributed by atoms with E-state index in [0.29, 0.717) is 17.7 Å². The quantitative estimate of drug-likeness (QED) is 0.544. The molecular formula is C22H25Cl2N5O7. The zero-order chi connectivity index (χ0) is 26.8. The minimum Gasteiger partial charge on any atom is -0.495 e. The molecule has 1 fully saturated rings. The number of nitrogens with zero attached hydrogens (tertiary/aromatic N) is 4. The second-order valence-electron chi connectivity index (χ2n) is 8.59. The second-order valence-corrected chi connectivity index (χ2v) is 9.35. The minimum absolute atomic E-state index is 0.0458. The molecule has 2 aromatic rings. The number of ether oxygens (including phenoxy) is 4. The summed E-state index contributed by atoms with van der Waals surface area (Å²) in [6, 6.07) is 1.45. The summed E-state index contributed by atoms with van der Waals surface area (Å²) in [5.74, 6) is 0.0659. The van der Waals surface area contributed by atoms with Crippen molar-refractivity contribution in [1.82, 2.24) is 9.97 Å². The van der Waals surface area contributed by atoms with Gasteiger partial charge in [-0.15, -0.1) is 0 Å². The smallest absolute Gasteiger partial charge is 0.423 e. The monoisotopic (exact) mass is 541 g/mol. The molecule has 0 atom stereocenters. The molecule has 36 heavy (non-hydrogen) atoms. The van der Waals surface area contributed by atoms with Crippen LogP contribution >= 0.6 is 23.2 Å². The SMILES string of the molecule is COc1cc(OC)c(Cl)c(N(C(=O)OC(C)(C)C)C(=O)N(c2cc(OC(N)=O)ncn2)C2CC2)c1Cl. The summed E-state index contributed by atoms with van der Waals surface area (Å²) in [4.78, 5) is 48.5. The van der Waals surface area contributed by atoms with Crippen molar-refractivity contribution >= 4 is 52.9 Å². The Bertz CT molecular complexity index is 1160. The molecule has 0 radical (unpaired) electrons. The first-order valence-corrected chi connectivity index (χ1v) is 11.4. The van der Waals surface area contributed by atoms with Gasteiger partial charge < -0.3 is 24.7 Å². The lowest BCUT2D eigenvalue weighted by Gasteiger charge is -2.32. The number of nitrogens with two attached hydrogens (primary N) is 1. The van der Waals surface area contributed by atoms with E-state index in [1.54, 1.807) is 20.8 Å². The third kappa shape index (κ3) is 6.00. The highest BCUT2D eigenvalue weighted by Gasteiger charge is 2.43. The van der Waals surface area contributed by atoms with Gasteiger partial charge in [0.1, 0.15) is 45.0 Å². The van der Waals surface area contributed by atoms with E-state index in [4.69, 9.17) is 47.9 Å². The predicted molar refractivity (Wildman–Crippen MR) is 131 cm³/mol. The van der Waals surface area contributed by atoms with Crippen molar-refractivity contribution in [3.63, 3.8) is 0 Å². The molecule has 3 rings (SSSR count). The summed E-state index contributed by atoms with van der Waals surface area (Å²) in [6.07, 6.45) is 0.170. The Morgan fingerprint density at radius 3 is 2.08 bits per heavy atom. The lowest BCUT2D eigenvalue weighted by atomic mass is 10.2. The van der Waals surface area contributed by atoms with Crippen LogP contribution in [0.15, 0.2) is 18.5 Å². The van der Waals surface area contributed by atoms with Crippen LogP contribution in [0.1, 0.15) is 33.6 Å². The number of hydrogen-bond acceptors (Lipinski definition) is 9. The molecule has 1 aromatic carbocycles. The Kier molecular flexibility index (Phi) is 7.99. The zero-order valence-corrected chi connectivity index (χ0v) is 21.7. The highest BCUT2D eigenvalue weighted by molar-refractivity contribution is 6.43. The van der Waals surface area contributed by atoms with E-state index < -0.39 is 23.8 Å². The van der Waals surface area contributed by atoms with Gasteiger partial charge in [0, 0.05) is 18.2 Å². The van der Waals surface area contributed by atoms with Crippen molar-refractivity contribution in [3.8, 4) is 17.4 Å². The van der Waals surface area contributed by atoms with Gasteiger partial charge in [-0.2, -0.15) is 4.90 Å². The van der Waals surface area contributed by atoms with E-state index in [9.17, 15) is 14.4 Å². The summed E-state index contributed by atoms with van der Waals surface area (Å²) in [5, 5.41) is -0.252. The molecule has 0 saturated heterocycles. The molecule has 0 unspecified atom stereocenters. The zero-order valence-electron chi connectivity index (χ0n) is 20.2. The molecule has 1 aliphatic rings. The number of amides is 4. The number of hydrogen-bond donors (Lipinski definition) is 1. The van der Waals surface area contributed by atoms with Crippen molar-refractivity contribution < 1.29 is 33.3 Å². The van der Waals surface area contributed by atoms with E-state index in [-0.39, 0.29) is 45.0 Å². The highest BCUT2D eigenvalue weighted by atomic mass is 35.5. The highest BCUT2D eigenvalue weighted by Crippen LogP contribution is 2.47. The van der Waals surface area contributed by atoms with Crippen LogP contribution in [0, 0.1) is 0 Å². The van der Waals surface area contributed by atoms with Crippen molar-refractivity contribution in [2.45, 2.75) is 45.3 Å². The maximum absolute atomic E-state index is 14.0. The standard InChI is InChI=1S/C22H25Cl2N5O7/c1-22(2,3)36-21(32)29(18-16(23)12(33-4)8-13(34-5)17(18)24)20(31)28(11-6-7-11)14-9-15(27-10-26-14)35-19(25)30/h8-11H,6-7H2,1-5H3,(H2,25,30). The van der Waals surface area contributed by atoms with Crippen LogP contribution in [0.5, 0.6) is 17.4 Å². The van der Waals surface area contributed by atoms with E-state index in [1.807, 2.05) is 0 Å². The van der Waals surface area contributed by atoms with E-state index in [1.165, 1.54) is 31.3 Å². The van der Waals surface area contributed by atoms with Crippen LogP contribution < -0.4 is 29.7 Å². The second kappa shape index (κ2) is 10.6. The molecule has 194 valence electrons. The predicted octanol–water partition coefficient (Wildman–Crippen LogP) is 4.79. The van der Waals surface area contributed by atoms with Gasteiger partial charge in [-0.1, -0.05) is 23.2 Å². The Morgan fingerprint density at radius 2 is 1.61 bits per heavy atom. The van der Waals surface area contributed by atoms with Gasteiger partial charge in [-0.3, -0.25) is 4.90 Å². The lowest BCUT2D eigenvalue weighted by Crippen LogP contribution is -2.50. The molecular weight excluding hydrogens is 517 g/mol. The molecule has 1 heterocycles. The number of carbonyl (C=O) groups is 3. The molecule has 1 aromatic heterocycles. The fourth-order valence-electron chi connectivity index (χ4n) is 3.14. The van der Waals surface area contributed by atoms with Crippen molar-refractivity contribution in [3.05, 3.63) is 28.5 Å². The van der Waals surface area contributed by atoms with E-state index >= 15 is 0 Å². The molecule has 1 saturated carbocycles. The van der Waals surface area contributed by atoms with E-state index in [2.05, 4.69) is 9.97 Å². The van der Waals surface area contributed by atoms with Gasteiger partial charge in [0.25, 0.3) is 0 Å². The molecule has 2 N–H and O–H groups in total. The first-order valence-electron chi connectivity index (χ1n) is 10.6. The molecule has 12 nitrogen and oxygen atoms in total. The molecule has 14 heteroatoms. The molecule has 0 bridgehead atoms. The van der Waals surface area contributed by atoms with Crippen LogP contribution in [-0.2, 0) is 4.74 Å². The van der Waals surface area contributed by atoms with Crippen LogP contribution in [0.4, 0.5) is 25.9 Å². The van der Waals surface area contributed by atoms with Gasteiger partial charge in [0.2, 0.25) is 5.88 Å². The third-order valence-electron chi connectivity index (χ3n) is 4.74. The molecule has 0 spiro atoms. The molecule has 0 aliphatic heterocycles. The van der Waals surface area contributed by atoms with Gasteiger partial charge in [-0.05, 0) is 33.6 Å². The maximum Gasteiger partial charge on any atom is 0.423 e. The lowest BCUT2D eigenvalue weighted by molar-refractivity contribution is 0.0594. The number of imide groups is 1. The normalized spacial score (nSPS) is 13.0. The van der Waals surface area contributed by atoms with Crippen LogP contribution in [0.3, 0.4) is 0 Å². The summed E-state index contributed by atoms with van der Waals surface area (Å²) in [6.45, 7) is 4.92. The number of halogens is 2. The van der Waals surface area contributed by atoms with Gasteiger partial charge in [-0.25, -0.2) is 24.4 Å². The Morgan fingerprint density at radius 1 is 1.03 bits per heavy atom. The average molecular weight is 542 g/mol. The van der Waals surface area contributed by atoms with Crippen molar-refractivity contribution in [2.75, 3.05) is 24.0 Å². The maximum atomic E-state index is 14.0. The van der Waals surface area contributed by atoms with Gasteiger partial charge in [0.05, 0.1) is 14.2 Å². The fraction of sp³-hybridized carbons (Fsp3) is 0.409. The van der Waals surface area contributed by atoms with Crippen LogP contribution in [0.2, 0.25) is 10.0 Å². The van der Waals surface area contributed by atoms with Crippen molar-refractivity contribution in [1.29, 1.82) is 0 Å². The summed E-state index contributed by atoms with van der Waals surface area (Å²) in [5.41, 5.74) is 3.89. The number of anilines is 2. The fourth-order valence-corrected chi connectivity index (χ4v) is 3.81. The topological polar surface area (TPSA) is 146 Å². The summed E-state index contributed by atoms with van der Waals surface area (Å²) in [7, 11) is 2.71. The minimum atomic E-state index is -1.10. The number of primary amides is 1. The number of aromatic nitrogens is 2. The Hall–Kier alpha value is -3.51. The average Bonchev–Trinajstić information content (AvgIpc) is 3.60. The molecule has 1 aliphatic carbocycles. The van der Waals surface area contributed by atoms with Crippen LogP contribution in [-0.4, -0.2) is 54.0 Å². The number of methoxy groups -OCH3 is 2. The van der Waals surface area contributed by atoms with E-state index in [0.717, 1.165) is 6.33 Å². The number of rotatable bonds is 6. The molecule has 4 amide bonds. The summed E-state index contributed by atoms with van der Waals surface area (Å²) < 4.78 is 20.9.